The molecule has 124 valence electrons. The maximum absolute atomic E-state index is 5.31. The first-order chi connectivity index (χ1) is 10.7. The lowest BCUT2D eigenvalue weighted by molar-refractivity contribution is 0.195. The summed E-state index contributed by atoms with van der Waals surface area (Å²) < 4.78 is 15.6. The minimum Gasteiger partial charge on any atom is -0.493 e. The molecule has 0 radical (unpaired) electrons. The van der Waals surface area contributed by atoms with Gasteiger partial charge in [-0.1, -0.05) is 6.07 Å². The fourth-order valence-corrected chi connectivity index (χ4v) is 2.01. The van der Waals surface area contributed by atoms with Gasteiger partial charge in [0.05, 0.1) is 14.2 Å². The highest BCUT2D eigenvalue weighted by atomic mass is 16.5. The van der Waals surface area contributed by atoms with Crippen LogP contribution in [0.3, 0.4) is 0 Å². The number of nitrogens with zero attached hydrogens (tertiary/aromatic N) is 1. The summed E-state index contributed by atoms with van der Waals surface area (Å²) in [5.41, 5.74) is 1.18. The Balaban J connectivity index is 2.39. The third-order valence-corrected chi connectivity index (χ3v) is 3.20. The molecule has 0 saturated carbocycles. The number of hydrogen-bond donors (Lipinski definition) is 2. The molecule has 1 aromatic carbocycles. The second-order valence-electron chi connectivity index (χ2n) is 4.71. The summed E-state index contributed by atoms with van der Waals surface area (Å²) in [4.78, 5) is 4.19. The van der Waals surface area contributed by atoms with Gasteiger partial charge in [-0.3, -0.25) is 4.99 Å². The largest absolute Gasteiger partial charge is 0.493 e. The second kappa shape index (κ2) is 10.7. The number of hydrogen-bond acceptors (Lipinski definition) is 4. The zero-order valence-corrected chi connectivity index (χ0v) is 13.9. The first-order valence-corrected chi connectivity index (χ1v) is 7.39. The summed E-state index contributed by atoms with van der Waals surface area (Å²) in [6.45, 7) is 2.37. The minimum absolute atomic E-state index is 0.745. The van der Waals surface area contributed by atoms with Crippen molar-refractivity contribution in [2.24, 2.45) is 4.99 Å². The van der Waals surface area contributed by atoms with Gasteiger partial charge in [-0.2, -0.15) is 0 Å². The van der Waals surface area contributed by atoms with Crippen LogP contribution in [0.5, 0.6) is 11.5 Å². The van der Waals surface area contributed by atoms with E-state index in [1.807, 2.05) is 18.2 Å². The quantitative estimate of drug-likeness (QED) is 0.411. The normalized spacial score (nSPS) is 11.2. The van der Waals surface area contributed by atoms with Crippen LogP contribution in [0.4, 0.5) is 0 Å². The smallest absolute Gasteiger partial charge is 0.190 e. The van der Waals surface area contributed by atoms with Gasteiger partial charge in [0.15, 0.2) is 17.5 Å². The van der Waals surface area contributed by atoms with Gasteiger partial charge >= 0.3 is 0 Å². The summed E-state index contributed by atoms with van der Waals surface area (Å²) in [7, 11) is 6.75. The molecule has 1 aromatic rings. The van der Waals surface area contributed by atoms with Crippen LogP contribution < -0.4 is 20.1 Å². The van der Waals surface area contributed by atoms with Crippen LogP contribution >= 0.6 is 0 Å². The molecule has 0 aliphatic heterocycles. The highest BCUT2D eigenvalue weighted by Gasteiger charge is 2.04. The Morgan fingerprint density at radius 2 is 1.77 bits per heavy atom. The Morgan fingerprint density at radius 3 is 2.41 bits per heavy atom. The number of methoxy groups -OCH3 is 3. The molecule has 0 amide bonds. The Morgan fingerprint density at radius 1 is 1.05 bits per heavy atom. The van der Waals surface area contributed by atoms with Crippen LogP contribution in [0.15, 0.2) is 23.2 Å². The molecular weight excluding hydrogens is 282 g/mol. The first kappa shape index (κ1) is 18.1. The summed E-state index contributed by atoms with van der Waals surface area (Å²) in [6, 6.07) is 5.96. The molecule has 2 N–H and O–H groups in total. The van der Waals surface area contributed by atoms with Crippen molar-refractivity contribution in [3.05, 3.63) is 23.8 Å². The van der Waals surface area contributed by atoms with Crippen molar-refractivity contribution < 1.29 is 14.2 Å². The summed E-state index contributed by atoms with van der Waals surface area (Å²) in [5, 5.41) is 6.53. The van der Waals surface area contributed by atoms with E-state index in [0.29, 0.717) is 0 Å². The highest BCUT2D eigenvalue weighted by Crippen LogP contribution is 2.27. The van der Waals surface area contributed by atoms with Gasteiger partial charge in [0.2, 0.25) is 0 Å². The number of aliphatic imine (C=N–C) groups is 1. The lowest BCUT2D eigenvalue weighted by Gasteiger charge is -2.13. The van der Waals surface area contributed by atoms with Gasteiger partial charge in [0, 0.05) is 33.9 Å². The van der Waals surface area contributed by atoms with Gasteiger partial charge in [-0.15, -0.1) is 0 Å². The van der Waals surface area contributed by atoms with Gasteiger partial charge in [0.1, 0.15) is 0 Å². The van der Waals surface area contributed by atoms with Gasteiger partial charge in [0.25, 0.3) is 0 Å². The van der Waals surface area contributed by atoms with E-state index in [1.165, 1.54) is 5.56 Å². The van der Waals surface area contributed by atoms with Crippen molar-refractivity contribution >= 4 is 5.96 Å². The number of nitrogens with one attached hydrogen (secondary N) is 2. The molecule has 0 aromatic heterocycles. The summed E-state index contributed by atoms with van der Waals surface area (Å²) in [5.74, 6) is 2.30. The molecule has 0 aliphatic rings. The molecule has 0 saturated heterocycles. The molecule has 0 heterocycles. The van der Waals surface area contributed by atoms with E-state index >= 15 is 0 Å². The zero-order valence-electron chi connectivity index (χ0n) is 13.9. The molecule has 1 rings (SSSR count). The monoisotopic (exact) mass is 309 g/mol. The Kier molecular flexibility index (Phi) is 8.83. The fraction of sp³-hybridized carbons (Fsp3) is 0.562. The van der Waals surface area contributed by atoms with Crippen molar-refractivity contribution in [3.8, 4) is 11.5 Å². The van der Waals surface area contributed by atoms with Crippen LogP contribution in [-0.2, 0) is 11.2 Å². The topological polar surface area (TPSA) is 64.1 Å². The molecule has 0 atom stereocenters. The molecule has 6 heteroatoms. The van der Waals surface area contributed by atoms with Crippen LogP contribution in [0.2, 0.25) is 0 Å². The maximum atomic E-state index is 5.31. The third kappa shape index (κ3) is 6.22. The van der Waals surface area contributed by atoms with Crippen LogP contribution in [0.25, 0.3) is 0 Å². The maximum Gasteiger partial charge on any atom is 0.190 e. The summed E-state index contributed by atoms with van der Waals surface area (Å²) >= 11 is 0. The molecule has 0 aliphatic carbocycles. The molecule has 6 nitrogen and oxygen atoms in total. The lowest BCUT2D eigenvalue weighted by atomic mass is 10.1. The third-order valence-electron chi connectivity index (χ3n) is 3.20. The second-order valence-corrected chi connectivity index (χ2v) is 4.71. The van der Waals surface area contributed by atoms with E-state index in [4.69, 9.17) is 14.2 Å². The molecular formula is C16H27N3O3. The van der Waals surface area contributed by atoms with Crippen molar-refractivity contribution in [2.45, 2.75) is 12.8 Å². The standard InChI is InChI=1S/C16H27N3O3/c1-17-16(18-9-5-11-20-2)19-10-8-13-6-7-14(21-3)15(12-13)22-4/h6-7,12H,5,8-11H2,1-4H3,(H2,17,18,19). The lowest BCUT2D eigenvalue weighted by Crippen LogP contribution is -2.39. The average Bonchev–Trinajstić information content (AvgIpc) is 2.56. The van der Waals surface area contributed by atoms with Gasteiger partial charge in [-0.05, 0) is 30.5 Å². The molecule has 0 bridgehead atoms. The number of benzene rings is 1. The van der Waals surface area contributed by atoms with Crippen LogP contribution in [0, 0.1) is 0 Å². The SMILES string of the molecule is CN=C(NCCCOC)NCCc1ccc(OC)c(OC)c1. The van der Waals surface area contributed by atoms with E-state index in [-0.39, 0.29) is 0 Å². The highest BCUT2D eigenvalue weighted by molar-refractivity contribution is 5.79. The van der Waals surface area contributed by atoms with E-state index in [2.05, 4.69) is 15.6 Å². The van der Waals surface area contributed by atoms with Gasteiger partial charge < -0.3 is 24.8 Å². The Bertz CT molecular complexity index is 464. The van der Waals surface area contributed by atoms with Gasteiger partial charge in [-0.25, -0.2) is 0 Å². The molecule has 0 spiro atoms. The zero-order chi connectivity index (χ0) is 16.2. The van der Waals surface area contributed by atoms with Crippen LogP contribution in [-0.4, -0.2) is 54.0 Å². The Labute approximate surface area is 132 Å². The van der Waals surface area contributed by atoms with Crippen molar-refractivity contribution in [2.75, 3.05) is 48.1 Å². The van der Waals surface area contributed by atoms with E-state index < -0.39 is 0 Å². The predicted molar refractivity (Wildman–Crippen MR) is 89.1 cm³/mol. The minimum atomic E-state index is 0.745. The van der Waals surface area contributed by atoms with Crippen molar-refractivity contribution in [3.63, 3.8) is 0 Å². The summed E-state index contributed by atoms with van der Waals surface area (Å²) in [6.07, 6.45) is 1.83. The fourth-order valence-electron chi connectivity index (χ4n) is 2.01. The number of rotatable bonds is 9. The van der Waals surface area contributed by atoms with Crippen molar-refractivity contribution in [1.29, 1.82) is 0 Å². The molecule has 0 fully saturated rings. The van der Waals surface area contributed by atoms with E-state index in [0.717, 1.165) is 50.0 Å². The first-order valence-electron chi connectivity index (χ1n) is 7.39. The van der Waals surface area contributed by atoms with Crippen LogP contribution in [0.1, 0.15) is 12.0 Å². The molecule has 0 unspecified atom stereocenters. The average molecular weight is 309 g/mol. The van der Waals surface area contributed by atoms with E-state index in [9.17, 15) is 0 Å². The number of guanidine groups is 1. The number of ether oxygens (including phenoxy) is 3. The molecule has 22 heavy (non-hydrogen) atoms. The van der Waals surface area contributed by atoms with E-state index in [1.54, 1.807) is 28.4 Å². The predicted octanol–water partition coefficient (Wildman–Crippen LogP) is 1.45. The van der Waals surface area contributed by atoms with Crippen molar-refractivity contribution in [1.82, 2.24) is 10.6 Å². The Hall–Kier alpha value is -1.95.